The van der Waals surface area contributed by atoms with E-state index in [9.17, 15) is 0 Å². The first-order chi connectivity index (χ1) is 37.1. The molecule has 2 aliphatic rings. The lowest BCUT2D eigenvalue weighted by Gasteiger charge is -2.30. The van der Waals surface area contributed by atoms with E-state index >= 15 is 0 Å². The Morgan fingerprint density at radius 3 is 1.40 bits per heavy atom. The smallest absolute Gasteiger partial charge is 0.164 e. The van der Waals surface area contributed by atoms with Crippen molar-refractivity contribution in [1.29, 1.82) is 0 Å². The fourth-order valence-corrected chi connectivity index (χ4v) is 12.4. The van der Waals surface area contributed by atoms with Crippen molar-refractivity contribution >= 4 is 43.9 Å². The Balaban J connectivity index is 0.797. The summed E-state index contributed by atoms with van der Waals surface area (Å²) in [5, 5.41) is 4.06. The van der Waals surface area contributed by atoms with Crippen molar-refractivity contribution in [3.8, 4) is 89.8 Å². The van der Waals surface area contributed by atoms with Crippen LogP contribution >= 0.6 is 0 Å². The first kappa shape index (κ1) is 41.6. The third kappa shape index (κ3) is 6.22. The quantitative estimate of drug-likeness (QED) is 0.166. The van der Waals surface area contributed by atoms with E-state index in [1.165, 1.54) is 55.6 Å². The van der Waals surface area contributed by atoms with Crippen molar-refractivity contribution in [1.82, 2.24) is 15.0 Å². The number of para-hydroxylation sites is 1. The molecule has 3 aromatic heterocycles. The van der Waals surface area contributed by atoms with E-state index < -0.39 is 0 Å². The van der Waals surface area contributed by atoms with Crippen molar-refractivity contribution in [3.05, 3.63) is 271 Å². The molecule has 0 unspecified atom stereocenters. The van der Waals surface area contributed by atoms with Gasteiger partial charge in [-0.05, 0) is 120 Å². The van der Waals surface area contributed by atoms with Crippen LogP contribution in [0.1, 0.15) is 22.3 Å². The second-order valence-corrected chi connectivity index (χ2v) is 19.8. The fraction of sp³-hybridized carbons (Fsp3) is 0.0143. The molecule has 0 saturated carbocycles. The highest BCUT2D eigenvalue weighted by Crippen LogP contribution is 2.63. The topological polar surface area (TPSA) is 65.0 Å². The fourth-order valence-electron chi connectivity index (χ4n) is 12.4. The van der Waals surface area contributed by atoms with Gasteiger partial charge in [-0.1, -0.05) is 206 Å². The van der Waals surface area contributed by atoms with Crippen LogP contribution in [-0.4, -0.2) is 15.0 Å². The highest BCUT2D eigenvalue weighted by atomic mass is 16.3. The summed E-state index contributed by atoms with van der Waals surface area (Å²) in [6.07, 6.45) is 0. The molecule has 0 fully saturated rings. The standard InChI is InChI=1S/C70H41N3O2/c1-2-13-42(14-3-1)43-29-31-46(32-30-43)67-71-68(49-34-37-55-54-18-7-11-23-62(54)75-65(55)41-49)73-69(72-67)56-19-12-24-64-66(56)57-39-47(35-38-63(57)74-64)44-25-27-45(28-26-44)48-33-36-53-52-17-6-10-22-60(52)70(61(53)40-48)58-20-8-4-15-50(58)51-16-5-9-21-59(51)70/h1-41H. The van der Waals surface area contributed by atoms with Gasteiger partial charge in [-0.2, -0.15) is 0 Å². The Labute approximate surface area is 431 Å². The molecule has 5 heteroatoms. The zero-order valence-electron chi connectivity index (χ0n) is 40.3. The maximum atomic E-state index is 6.60. The van der Waals surface area contributed by atoms with Crippen LogP contribution in [0.5, 0.6) is 0 Å². The average Bonchev–Trinajstić information content (AvgIpc) is 4.30. The molecule has 348 valence electrons. The van der Waals surface area contributed by atoms with Gasteiger partial charge >= 0.3 is 0 Å². The van der Waals surface area contributed by atoms with Crippen LogP contribution in [0, 0.1) is 0 Å². The largest absolute Gasteiger partial charge is 0.456 e. The number of nitrogens with zero attached hydrogens (tertiary/aromatic N) is 3. The van der Waals surface area contributed by atoms with Crippen LogP contribution in [-0.2, 0) is 5.41 Å². The van der Waals surface area contributed by atoms with E-state index in [1.807, 2.05) is 42.5 Å². The Bertz CT molecular complexity index is 4580. The third-order valence-corrected chi connectivity index (χ3v) is 15.8. The maximum Gasteiger partial charge on any atom is 0.164 e. The van der Waals surface area contributed by atoms with E-state index in [-0.39, 0.29) is 5.41 Å². The predicted octanol–water partition coefficient (Wildman–Crippen LogP) is 18.0. The van der Waals surface area contributed by atoms with E-state index in [2.05, 4.69) is 206 Å². The highest BCUT2D eigenvalue weighted by Gasteiger charge is 2.51. The summed E-state index contributed by atoms with van der Waals surface area (Å²) in [5.74, 6) is 1.68. The lowest BCUT2D eigenvalue weighted by molar-refractivity contribution is 0.668. The molecule has 1 spiro atoms. The number of aromatic nitrogens is 3. The molecule has 0 atom stereocenters. The lowest BCUT2D eigenvalue weighted by Crippen LogP contribution is -2.25. The second-order valence-electron chi connectivity index (χ2n) is 19.8. The molecule has 2 aliphatic carbocycles. The minimum atomic E-state index is -0.390. The van der Waals surface area contributed by atoms with E-state index in [1.54, 1.807) is 0 Å². The zero-order chi connectivity index (χ0) is 49.2. The van der Waals surface area contributed by atoms with Crippen LogP contribution in [0.3, 0.4) is 0 Å². The van der Waals surface area contributed by atoms with Crippen molar-refractivity contribution in [2.45, 2.75) is 5.41 Å². The number of rotatable bonds is 6. The summed E-state index contributed by atoms with van der Waals surface area (Å²) in [7, 11) is 0. The lowest BCUT2D eigenvalue weighted by atomic mass is 9.70. The summed E-state index contributed by atoms with van der Waals surface area (Å²) >= 11 is 0. The molecule has 3 heterocycles. The van der Waals surface area contributed by atoms with Gasteiger partial charge in [0.15, 0.2) is 17.5 Å². The number of benzene rings is 11. The van der Waals surface area contributed by atoms with Gasteiger partial charge in [-0.3, -0.25) is 0 Å². The van der Waals surface area contributed by atoms with Gasteiger partial charge in [-0.25, -0.2) is 15.0 Å². The van der Waals surface area contributed by atoms with E-state index in [0.29, 0.717) is 17.5 Å². The van der Waals surface area contributed by atoms with Crippen molar-refractivity contribution in [2.24, 2.45) is 0 Å². The van der Waals surface area contributed by atoms with E-state index in [4.69, 9.17) is 23.8 Å². The van der Waals surface area contributed by atoms with Crippen LogP contribution in [0.4, 0.5) is 0 Å². The number of hydrogen-bond acceptors (Lipinski definition) is 5. The minimum Gasteiger partial charge on any atom is -0.456 e. The molecule has 16 rings (SSSR count). The Hall–Kier alpha value is -9.97. The molecular formula is C70H41N3O2. The Kier molecular flexibility index (Phi) is 8.89. The molecule has 0 N–H and O–H groups in total. The third-order valence-electron chi connectivity index (χ3n) is 15.8. The van der Waals surface area contributed by atoms with Gasteiger partial charge in [0.05, 0.1) is 5.41 Å². The van der Waals surface area contributed by atoms with Gasteiger partial charge < -0.3 is 8.83 Å². The van der Waals surface area contributed by atoms with Crippen LogP contribution in [0.2, 0.25) is 0 Å². The van der Waals surface area contributed by atoms with Crippen LogP contribution < -0.4 is 0 Å². The molecular weight excluding hydrogens is 915 g/mol. The summed E-state index contributed by atoms with van der Waals surface area (Å²) in [5.41, 5.74) is 22.8. The van der Waals surface area contributed by atoms with Gasteiger partial charge in [-0.15, -0.1) is 0 Å². The molecule has 0 amide bonds. The second kappa shape index (κ2) is 16.0. The minimum absolute atomic E-state index is 0.390. The Morgan fingerprint density at radius 1 is 0.240 bits per heavy atom. The monoisotopic (exact) mass is 955 g/mol. The number of fused-ring (bicyclic) bond motifs is 16. The van der Waals surface area contributed by atoms with Crippen molar-refractivity contribution in [3.63, 3.8) is 0 Å². The molecule has 11 aromatic carbocycles. The molecule has 0 bridgehead atoms. The van der Waals surface area contributed by atoms with Crippen molar-refractivity contribution in [2.75, 3.05) is 0 Å². The maximum absolute atomic E-state index is 6.60. The molecule has 75 heavy (non-hydrogen) atoms. The van der Waals surface area contributed by atoms with Gasteiger partial charge in [0, 0.05) is 38.2 Å². The summed E-state index contributed by atoms with van der Waals surface area (Å²) < 4.78 is 13.0. The van der Waals surface area contributed by atoms with Crippen molar-refractivity contribution < 1.29 is 8.83 Å². The van der Waals surface area contributed by atoms with E-state index in [0.717, 1.165) is 82.8 Å². The first-order valence-electron chi connectivity index (χ1n) is 25.5. The first-order valence-corrected chi connectivity index (χ1v) is 25.5. The average molecular weight is 956 g/mol. The molecule has 0 radical (unpaired) electrons. The zero-order valence-corrected chi connectivity index (χ0v) is 40.3. The summed E-state index contributed by atoms with van der Waals surface area (Å²) in [6.45, 7) is 0. The highest BCUT2D eigenvalue weighted by molar-refractivity contribution is 6.13. The summed E-state index contributed by atoms with van der Waals surface area (Å²) in [4.78, 5) is 15.7. The molecule has 5 nitrogen and oxygen atoms in total. The molecule has 0 saturated heterocycles. The van der Waals surface area contributed by atoms with Gasteiger partial charge in [0.2, 0.25) is 0 Å². The SMILES string of the molecule is c1ccc(-c2ccc(-c3nc(-c4ccc5c(c4)oc4ccccc45)nc(-c4cccc5oc6ccc(-c7ccc(-c8ccc9c(c8)C8(c%10ccccc%10-c%10ccccc%108)c8ccccc8-9)cc7)cc6c45)n3)cc2)cc1. The summed E-state index contributed by atoms with van der Waals surface area (Å²) in [6, 6.07) is 88.8. The molecule has 0 aliphatic heterocycles. The number of furan rings is 2. The predicted molar refractivity (Wildman–Crippen MR) is 303 cm³/mol. The van der Waals surface area contributed by atoms with Crippen LogP contribution in [0.15, 0.2) is 258 Å². The number of hydrogen-bond donors (Lipinski definition) is 0. The van der Waals surface area contributed by atoms with Gasteiger partial charge in [0.1, 0.15) is 22.3 Å². The Morgan fingerprint density at radius 2 is 0.693 bits per heavy atom. The van der Waals surface area contributed by atoms with Gasteiger partial charge in [0.25, 0.3) is 0 Å². The normalized spacial score (nSPS) is 12.9. The van der Waals surface area contributed by atoms with Crippen LogP contribution in [0.25, 0.3) is 134 Å². The molecule has 14 aromatic rings.